The van der Waals surface area contributed by atoms with Gasteiger partial charge in [-0.15, -0.1) is 4.83 Å². The number of sulfonamides is 1. The highest BCUT2D eigenvalue weighted by atomic mass is 32.2. The van der Waals surface area contributed by atoms with Crippen LogP contribution in [0.2, 0.25) is 0 Å². The van der Waals surface area contributed by atoms with Crippen molar-refractivity contribution in [2.75, 3.05) is 18.3 Å². The van der Waals surface area contributed by atoms with Crippen molar-refractivity contribution in [3.63, 3.8) is 0 Å². The lowest BCUT2D eigenvalue weighted by Gasteiger charge is -2.18. The van der Waals surface area contributed by atoms with E-state index in [0.717, 1.165) is 17.3 Å². The van der Waals surface area contributed by atoms with Gasteiger partial charge in [0.15, 0.2) is 5.82 Å². The van der Waals surface area contributed by atoms with E-state index in [2.05, 4.69) is 14.8 Å². The van der Waals surface area contributed by atoms with E-state index in [-0.39, 0.29) is 0 Å². The molecule has 0 spiro atoms. The number of hydrogen-bond acceptors (Lipinski definition) is 5. The molecular weight excluding hydrogens is 242 g/mol. The van der Waals surface area contributed by atoms with Gasteiger partial charge in [-0.25, -0.2) is 18.4 Å². The summed E-state index contributed by atoms with van der Waals surface area (Å²) in [6.07, 6.45) is 4.34. The van der Waals surface area contributed by atoms with Crippen LogP contribution in [0.3, 0.4) is 0 Å². The quantitative estimate of drug-likeness (QED) is 0.773. The van der Waals surface area contributed by atoms with E-state index in [1.54, 1.807) is 7.05 Å². The second kappa shape index (κ2) is 3.97. The summed E-state index contributed by atoms with van der Waals surface area (Å²) in [5, 5.41) is 2.15. The fourth-order valence-corrected chi connectivity index (χ4v) is 2.21. The molecule has 0 unspecified atom stereocenters. The highest BCUT2D eigenvalue weighted by molar-refractivity contribution is 7.88. The minimum Gasteiger partial charge on any atom is -0.335 e. The molecule has 7 nitrogen and oxygen atoms in total. The predicted molar refractivity (Wildman–Crippen MR) is 64.9 cm³/mol. The van der Waals surface area contributed by atoms with Crippen molar-refractivity contribution in [3.05, 3.63) is 18.6 Å². The SMILES string of the molecule is CN(NS(C)(=O)=O)c1ncnc2c1ccn2C. The van der Waals surface area contributed by atoms with Crippen LogP contribution in [-0.2, 0) is 17.1 Å². The molecular formula is C9H13N5O2S. The van der Waals surface area contributed by atoms with E-state index in [4.69, 9.17) is 0 Å². The first-order valence-electron chi connectivity index (χ1n) is 4.85. The van der Waals surface area contributed by atoms with Crippen LogP contribution in [0.1, 0.15) is 0 Å². The summed E-state index contributed by atoms with van der Waals surface area (Å²) < 4.78 is 24.2. The first-order valence-corrected chi connectivity index (χ1v) is 6.75. The number of anilines is 1. The molecule has 0 aliphatic carbocycles. The van der Waals surface area contributed by atoms with Crippen molar-refractivity contribution in [2.45, 2.75) is 0 Å². The third-order valence-electron chi connectivity index (χ3n) is 2.26. The maximum absolute atomic E-state index is 11.2. The predicted octanol–water partition coefficient (Wildman–Crippen LogP) is -0.131. The Hall–Kier alpha value is -1.67. The van der Waals surface area contributed by atoms with Crippen molar-refractivity contribution in [3.8, 4) is 0 Å². The Bertz CT molecular complexity index is 648. The summed E-state index contributed by atoms with van der Waals surface area (Å²) in [4.78, 5) is 10.5. The minimum atomic E-state index is -3.32. The third-order valence-corrected chi connectivity index (χ3v) is 2.87. The zero-order chi connectivity index (χ0) is 12.6. The minimum absolute atomic E-state index is 0.515. The lowest BCUT2D eigenvalue weighted by molar-refractivity contribution is 0.586. The highest BCUT2D eigenvalue weighted by Gasteiger charge is 2.13. The monoisotopic (exact) mass is 255 g/mol. The van der Waals surface area contributed by atoms with Crippen molar-refractivity contribution >= 4 is 26.9 Å². The number of hydrogen-bond donors (Lipinski definition) is 1. The molecule has 0 atom stereocenters. The van der Waals surface area contributed by atoms with Crippen LogP contribution >= 0.6 is 0 Å². The van der Waals surface area contributed by atoms with E-state index in [0.29, 0.717) is 5.82 Å². The third kappa shape index (κ3) is 2.37. The van der Waals surface area contributed by atoms with Gasteiger partial charge in [-0.2, -0.15) is 0 Å². The molecule has 0 bridgehead atoms. The molecule has 0 radical (unpaired) electrons. The molecule has 2 rings (SSSR count). The van der Waals surface area contributed by atoms with Crippen molar-refractivity contribution in [1.29, 1.82) is 0 Å². The number of aryl methyl sites for hydroxylation is 1. The lowest BCUT2D eigenvalue weighted by atomic mass is 10.4. The number of rotatable bonds is 3. The Morgan fingerprint density at radius 1 is 1.41 bits per heavy atom. The molecule has 0 fully saturated rings. The van der Waals surface area contributed by atoms with Crippen LogP contribution in [-0.4, -0.2) is 36.3 Å². The second-order valence-electron chi connectivity index (χ2n) is 3.78. The molecule has 92 valence electrons. The van der Waals surface area contributed by atoms with Gasteiger partial charge in [0, 0.05) is 20.3 Å². The highest BCUT2D eigenvalue weighted by Crippen LogP contribution is 2.21. The van der Waals surface area contributed by atoms with Gasteiger partial charge in [-0.05, 0) is 6.07 Å². The van der Waals surface area contributed by atoms with E-state index in [1.807, 2.05) is 23.9 Å². The van der Waals surface area contributed by atoms with Gasteiger partial charge in [0.2, 0.25) is 10.0 Å². The molecule has 2 aromatic heterocycles. The van der Waals surface area contributed by atoms with E-state index < -0.39 is 10.0 Å². The summed E-state index contributed by atoms with van der Waals surface area (Å²) in [5.41, 5.74) is 0.747. The number of nitrogens with one attached hydrogen (secondary N) is 1. The first kappa shape index (κ1) is 11.8. The average molecular weight is 255 g/mol. The van der Waals surface area contributed by atoms with Crippen LogP contribution < -0.4 is 9.84 Å². The van der Waals surface area contributed by atoms with Gasteiger partial charge in [0.25, 0.3) is 0 Å². The molecule has 0 aromatic carbocycles. The van der Waals surface area contributed by atoms with E-state index in [9.17, 15) is 8.42 Å². The zero-order valence-electron chi connectivity index (χ0n) is 9.75. The van der Waals surface area contributed by atoms with Crippen LogP contribution in [0.5, 0.6) is 0 Å². The fraction of sp³-hybridized carbons (Fsp3) is 0.333. The van der Waals surface area contributed by atoms with Gasteiger partial charge in [0.1, 0.15) is 12.0 Å². The molecule has 0 saturated heterocycles. The largest absolute Gasteiger partial charge is 0.335 e. The van der Waals surface area contributed by atoms with Crippen LogP contribution in [0, 0.1) is 0 Å². The van der Waals surface area contributed by atoms with Crippen molar-refractivity contribution < 1.29 is 8.42 Å². The standard InChI is InChI=1S/C9H13N5O2S/c1-13-5-4-7-8(13)10-6-11-9(7)14(2)12-17(3,15)16/h4-6,12H,1-3H3. The van der Waals surface area contributed by atoms with Gasteiger partial charge >= 0.3 is 0 Å². The van der Waals surface area contributed by atoms with E-state index >= 15 is 0 Å². The first-order chi connectivity index (χ1) is 7.88. The lowest BCUT2D eigenvalue weighted by Crippen LogP contribution is -2.39. The second-order valence-corrected chi connectivity index (χ2v) is 5.51. The molecule has 2 heterocycles. The van der Waals surface area contributed by atoms with Gasteiger partial charge in [-0.3, -0.25) is 5.01 Å². The summed E-state index contributed by atoms with van der Waals surface area (Å²) in [7, 11) is 0.133. The van der Waals surface area contributed by atoms with E-state index in [1.165, 1.54) is 11.3 Å². The van der Waals surface area contributed by atoms with Crippen LogP contribution in [0.25, 0.3) is 11.0 Å². The number of fused-ring (bicyclic) bond motifs is 1. The van der Waals surface area contributed by atoms with Gasteiger partial charge in [0.05, 0.1) is 11.6 Å². The smallest absolute Gasteiger partial charge is 0.225 e. The maximum Gasteiger partial charge on any atom is 0.225 e. The maximum atomic E-state index is 11.2. The number of nitrogens with zero attached hydrogens (tertiary/aromatic N) is 4. The molecule has 0 aliphatic rings. The topological polar surface area (TPSA) is 80.1 Å². The fourth-order valence-electron chi connectivity index (χ4n) is 1.62. The van der Waals surface area contributed by atoms with Crippen LogP contribution in [0.15, 0.2) is 18.6 Å². The Balaban J connectivity index is 2.48. The molecule has 0 saturated carbocycles. The zero-order valence-corrected chi connectivity index (χ0v) is 10.6. The number of hydrazine groups is 1. The molecule has 17 heavy (non-hydrogen) atoms. The molecule has 0 amide bonds. The Morgan fingerprint density at radius 3 is 2.76 bits per heavy atom. The van der Waals surface area contributed by atoms with Gasteiger partial charge in [-0.1, -0.05) is 0 Å². The van der Waals surface area contributed by atoms with Crippen molar-refractivity contribution in [2.24, 2.45) is 7.05 Å². The Labute approximate surface area is 99.1 Å². The summed E-state index contributed by atoms with van der Waals surface area (Å²) in [5.74, 6) is 0.515. The molecule has 8 heteroatoms. The molecule has 0 aliphatic heterocycles. The molecule has 2 aromatic rings. The molecule has 1 N–H and O–H groups in total. The summed E-state index contributed by atoms with van der Waals surface area (Å²) >= 11 is 0. The normalized spacial score (nSPS) is 11.9. The Morgan fingerprint density at radius 2 is 2.12 bits per heavy atom. The Kier molecular flexibility index (Phi) is 2.76. The van der Waals surface area contributed by atoms with Crippen LogP contribution in [0.4, 0.5) is 5.82 Å². The summed E-state index contributed by atoms with van der Waals surface area (Å²) in [6, 6.07) is 1.84. The van der Waals surface area contributed by atoms with Gasteiger partial charge < -0.3 is 4.57 Å². The summed E-state index contributed by atoms with van der Waals surface area (Å²) in [6.45, 7) is 0. The van der Waals surface area contributed by atoms with Crippen molar-refractivity contribution in [1.82, 2.24) is 19.4 Å². The average Bonchev–Trinajstić information content (AvgIpc) is 2.58. The number of aromatic nitrogens is 3.